The SMILES string of the molecule is C=C1CC(C)CC(CC)(COc2cc(F)c(C(=O)N3C[C@H](F)C[C@H]3C(=O)O)c(C3CC3)c2)C1. The number of carbonyl (C=O) groups excluding carboxylic acids is 1. The lowest BCUT2D eigenvalue weighted by molar-refractivity contribution is -0.141. The van der Waals surface area contributed by atoms with Crippen molar-refractivity contribution < 1.29 is 28.2 Å². The molecule has 4 atom stereocenters. The third kappa shape index (κ3) is 4.92. The van der Waals surface area contributed by atoms with Crippen LogP contribution in [0, 0.1) is 17.2 Å². The summed E-state index contributed by atoms with van der Waals surface area (Å²) < 4.78 is 35.3. The molecule has 3 fully saturated rings. The molecule has 7 heteroatoms. The zero-order valence-corrected chi connectivity index (χ0v) is 19.4. The summed E-state index contributed by atoms with van der Waals surface area (Å²) in [7, 11) is 0. The number of nitrogens with zero attached hydrogens (tertiary/aromatic N) is 1. The highest BCUT2D eigenvalue weighted by Crippen LogP contribution is 2.46. The molecule has 0 bridgehead atoms. The second-order valence-electron chi connectivity index (χ2n) is 10.4. The number of hydrogen-bond donors (Lipinski definition) is 1. The Kier molecular flexibility index (Phi) is 6.52. The first-order valence-corrected chi connectivity index (χ1v) is 11.9. The van der Waals surface area contributed by atoms with E-state index in [1.54, 1.807) is 6.07 Å². The Morgan fingerprint density at radius 1 is 1.33 bits per heavy atom. The molecule has 1 aromatic carbocycles. The maximum Gasteiger partial charge on any atom is 0.326 e. The molecule has 2 aliphatic carbocycles. The number of ether oxygens (including phenoxy) is 1. The van der Waals surface area contributed by atoms with Crippen molar-refractivity contribution in [3.05, 3.63) is 41.2 Å². The summed E-state index contributed by atoms with van der Waals surface area (Å²) in [6.07, 6.45) is 3.81. The summed E-state index contributed by atoms with van der Waals surface area (Å²) in [5, 5.41) is 9.40. The van der Waals surface area contributed by atoms with E-state index >= 15 is 4.39 Å². The highest BCUT2D eigenvalue weighted by Gasteiger charge is 2.43. The number of rotatable bonds is 7. The van der Waals surface area contributed by atoms with Crippen LogP contribution in [0.2, 0.25) is 0 Å². The van der Waals surface area contributed by atoms with Gasteiger partial charge in [0.05, 0.1) is 18.7 Å². The van der Waals surface area contributed by atoms with Gasteiger partial charge in [0.15, 0.2) is 0 Å². The Hall–Kier alpha value is -2.44. The third-order valence-corrected chi connectivity index (χ3v) is 7.46. The summed E-state index contributed by atoms with van der Waals surface area (Å²) in [4.78, 5) is 25.7. The Morgan fingerprint density at radius 2 is 2.06 bits per heavy atom. The minimum atomic E-state index is -1.43. The number of hydrogen-bond acceptors (Lipinski definition) is 3. The maximum absolute atomic E-state index is 15.3. The van der Waals surface area contributed by atoms with Crippen LogP contribution >= 0.6 is 0 Å². The van der Waals surface area contributed by atoms with Crippen LogP contribution in [0.1, 0.15) is 80.6 Å². The van der Waals surface area contributed by atoms with Crippen LogP contribution in [0.25, 0.3) is 0 Å². The van der Waals surface area contributed by atoms with Crippen molar-refractivity contribution in [2.75, 3.05) is 13.2 Å². The molecular weight excluding hydrogens is 428 g/mol. The molecule has 1 aliphatic heterocycles. The van der Waals surface area contributed by atoms with Crippen LogP contribution in [0.5, 0.6) is 5.75 Å². The third-order valence-electron chi connectivity index (χ3n) is 7.46. The summed E-state index contributed by atoms with van der Waals surface area (Å²) in [5.41, 5.74) is 1.57. The average Bonchev–Trinajstić information content (AvgIpc) is 3.51. The monoisotopic (exact) mass is 461 g/mol. The van der Waals surface area contributed by atoms with Gasteiger partial charge in [-0.15, -0.1) is 0 Å². The van der Waals surface area contributed by atoms with Gasteiger partial charge in [-0.2, -0.15) is 0 Å². The van der Waals surface area contributed by atoms with E-state index in [-0.39, 0.29) is 29.9 Å². The molecule has 5 nitrogen and oxygen atoms in total. The molecule has 1 N–H and O–H groups in total. The van der Waals surface area contributed by atoms with Gasteiger partial charge in [-0.25, -0.2) is 13.6 Å². The van der Waals surface area contributed by atoms with Gasteiger partial charge in [0.1, 0.15) is 23.8 Å². The standard InChI is InChI=1S/C26H33F2NO4/c1-4-26(11-15(2)7-16(3)12-26)14-33-19-9-20(17-5-6-17)23(21(28)10-19)24(30)29-13-18(27)8-22(29)25(31)32/h9-10,16-18,22H,2,4-8,11-14H2,1,3H3,(H,31,32)/t16?,18-,22+,26?/m1/s1. The fraction of sp³-hybridized carbons (Fsp3) is 0.615. The van der Waals surface area contributed by atoms with Crippen molar-refractivity contribution in [1.29, 1.82) is 0 Å². The van der Waals surface area contributed by atoms with Crippen LogP contribution in [0.3, 0.4) is 0 Å². The smallest absolute Gasteiger partial charge is 0.326 e. The minimum absolute atomic E-state index is 0.0312. The normalized spacial score (nSPS) is 29.9. The first-order chi connectivity index (χ1) is 15.6. The van der Waals surface area contributed by atoms with Gasteiger partial charge in [-0.3, -0.25) is 4.79 Å². The van der Waals surface area contributed by atoms with Crippen molar-refractivity contribution in [2.45, 2.75) is 76.9 Å². The fourth-order valence-electron chi connectivity index (χ4n) is 5.71. The maximum atomic E-state index is 15.3. The molecule has 2 unspecified atom stereocenters. The second kappa shape index (κ2) is 9.07. The van der Waals surface area contributed by atoms with Gasteiger partial charge >= 0.3 is 5.97 Å². The van der Waals surface area contributed by atoms with Crippen LogP contribution < -0.4 is 4.74 Å². The molecule has 0 aromatic heterocycles. The van der Waals surface area contributed by atoms with Crippen LogP contribution in [-0.4, -0.2) is 47.2 Å². The number of benzene rings is 1. The van der Waals surface area contributed by atoms with Gasteiger partial charge in [-0.1, -0.05) is 26.0 Å². The van der Waals surface area contributed by atoms with Crippen LogP contribution in [0.15, 0.2) is 24.3 Å². The van der Waals surface area contributed by atoms with Crippen molar-refractivity contribution in [3.8, 4) is 5.75 Å². The molecule has 0 spiro atoms. The topological polar surface area (TPSA) is 66.8 Å². The molecule has 180 valence electrons. The lowest BCUT2D eigenvalue weighted by Crippen LogP contribution is -2.41. The molecule has 1 aromatic rings. The molecule has 1 saturated heterocycles. The Labute approximate surface area is 193 Å². The molecule has 3 aliphatic rings. The van der Waals surface area contributed by atoms with Crippen molar-refractivity contribution >= 4 is 11.9 Å². The number of alkyl halides is 1. The van der Waals surface area contributed by atoms with E-state index in [0.717, 1.165) is 43.4 Å². The van der Waals surface area contributed by atoms with E-state index in [0.29, 0.717) is 23.8 Å². The average molecular weight is 462 g/mol. The second-order valence-corrected chi connectivity index (χ2v) is 10.4. The highest BCUT2D eigenvalue weighted by molar-refractivity contribution is 5.99. The van der Waals surface area contributed by atoms with E-state index in [9.17, 15) is 19.1 Å². The summed E-state index contributed by atoms with van der Waals surface area (Å²) in [6.45, 7) is 8.65. The number of amides is 1. The number of carbonyl (C=O) groups is 2. The van der Waals surface area contributed by atoms with Crippen molar-refractivity contribution in [2.24, 2.45) is 11.3 Å². The summed E-state index contributed by atoms with van der Waals surface area (Å²) in [5.74, 6) is -1.83. The molecule has 0 radical (unpaired) electrons. The van der Waals surface area contributed by atoms with E-state index in [1.165, 1.54) is 11.6 Å². The lowest BCUT2D eigenvalue weighted by atomic mass is 9.67. The Balaban J connectivity index is 1.59. The molecule has 4 rings (SSSR count). The molecule has 1 amide bonds. The fourth-order valence-corrected chi connectivity index (χ4v) is 5.71. The van der Waals surface area contributed by atoms with Crippen LogP contribution in [0.4, 0.5) is 8.78 Å². The van der Waals surface area contributed by atoms with Gasteiger partial charge in [0.2, 0.25) is 0 Å². The predicted molar refractivity (Wildman–Crippen MR) is 121 cm³/mol. The molecule has 2 saturated carbocycles. The van der Waals surface area contributed by atoms with Crippen molar-refractivity contribution in [3.63, 3.8) is 0 Å². The number of carboxylic acids is 1. The predicted octanol–water partition coefficient (Wildman–Crippen LogP) is 5.49. The van der Waals surface area contributed by atoms with E-state index in [1.807, 2.05) is 0 Å². The van der Waals surface area contributed by atoms with E-state index in [4.69, 9.17) is 4.74 Å². The highest BCUT2D eigenvalue weighted by atomic mass is 19.1. The largest absolute Gasteiger partial charge is 0.493 e. The van der Waals surface area contributed by atoms with E-state index < -0.39 is 29.9 Å². The molecule has 33 heavy (non-hydrogen) atoms. The summed E-state index contributed by atoms with van der Waals surface area (Å²) in [6, 6.07) is 1.65. The van der Waals surface area contributed by atoms with Gasteiger partial charge in [0, 0.05) is 17.9 Å². The van der Waals surface area contributed by atoms with E-state index in [2.05, 4.69) is 20.4 Å². The number of likely N-dealkylation sites (tertiary alicyclic amines) is 1. The zero-order chi connectivity index (χ0) is 23.9. The first-order valence-electron chi connectivity index (χ1n) is 11.9. The number of allylic oxidation sites excluding steroid dienone is 1. The van der Waals surface area contributed by atoms with Gasteiger partial charge < -0.3 is 14.7 Å². The molecular formula is C26H33F2NO4. The zero-order valence-electron chi connectivity index (χ0n) is 19.4. The Bertz CT molecular complexity index is 960. The summed E-state index contributed by atoms with van der Waals surface area (Å²) >= 11 is 0. The number of halogens is 2. The van der Waals surface area contributed by atoms with Crippen LogP contribution in [-0.2, 0) is 4.79 Å². The molecule has 1 heterocycles. The minimum Gasteiger partial charge on any atom is -0.493 e. The number of aliphatic carboxylic acids is 1. The first kappa shape index (κ1) is 23.7. The van der Waals surface area contributed by atoms with Gasteiger partial charge in [0.25, 0.3) is 5.91 Å². The quantitative estimate of drug-likeness (QED) is 0.545. The van der Waals surface area contributed by atoms with Crippen molar-refractivity contribution in [1.82, 2.24) is 4.90 Å². The van der Waals surface area contributed by atoms with Gasteiger partial charge in [-0.05, 0) is 62.0 Å². The lowest BCUT2D eigenvalue weighted by Gasteiger charge is -2.40. The number of carboxylic acid groups (broad SMARTS) is 1. The Morgan fingerprint density at radius 3 is 2.67 bits per heavy atom.